The number of nitriles is 1. The van der Waals surface area contributed by atoms with E-state index >= 15 is 0 Å². The quantitative estimate of drug-likeness (QED) is 0.627. The van der Waals surface area contributed by atoms with Crippen LogP contribution in [-0.4, -0.2) is 11.1 Å². The second kappa shape index (κ2) is 7.35. The van der Waals surface area contributed by atoms with Gasteiger partial charge in [0, 0.05) is 31.4 Å². The average Bonchev–Trinajstić information content (AvgIpc) is 2.72. The van der Waals surface area contributed by atoms with E-state index in [2.05, 4.69) is 35.3 Å². The topological polar surface area (TPSA) is 40.8 Å². The van der Waals surface area contributed by atoms with Crippen molar-refractivity contribution in [3.63, 3.8) is 0 Å². The van der Waals surface area contributed by atoms with E-state index in [0.717, 1.165) is 19.5 Å². The van der Waals surface area contributed by atoms with Crippen molar-refractivity contribution in [1.29, 1.82) is 5.26 Å². The number of aromatic nitrogens is 1. The molecule has 1 atom stereocenters. The highest BCUT2D eigenvalue weighted by molar-refractivity contribution is 5.29. The molecular weight excluding hydrogens is 234 g/mol. The van der Waals surface area contributed by atoms with Gasteiger partial charge in [-0.1, -0.05) is 13.3 Å². The standard InChI is InChI=1S/C16H25N3/c1-2-10-18-16-8-4-3-7-14-12-19(13-15(14)16)11-6-5-9-17/h12-13,16,18H,2-8,10-11H2,1H3. The van der Waals surface area contributed by atoms with Crippen molar-refractivity contribution in [2.45, 2.75) is 64.5 Å². The molecule has 0 bridgehead atoms. The van der Waals surface area contributed by atoms with Gasteiger partial charge in [0.05, 0.1) is 6.07 Å². The fourth-order valence-corrected chi connectivity index (χ4v) is 2.92. The van der Waals surface area contributed by atoms with E-state index in [1.54, 1.807) is 0 Å². The summed E-state index contributed by atoms with van der Waals surface area (Å²) in [6.07, 6.45) is 12.5. The first-order valence-corrected chi connectivity index (χ1v) is 7.64. The monoisotopic (exact) mass is 259 g/mol. The van der Waals surface area contributed by atoms with Crippen LogP contribution >= 0.6 is 0 Å². The molecule has 1 aliphatic carbocycles. The third-order valence-corrected chi connectivity index (χ3v) is 3.91. The number of nitrogens with one attached hydrogen (secondary N) is 1. The zero-order chi connectivity index (χ0) is 13.5. The van der Waals surface area contributed by atoms with E-state index in [1.807, 2.05) is 0 Å². The molecule has 0 aliphatic heterocycles. The van der Waals surface area contributed by atoms with Crippen LogP contribution in [0, 0.1) is 11.3 Å². The Morgan fingerprint density at radius 1 is 1.42 bits per heavy atom. The van der Waals surface area contributed by atoms with Gasteiger partial charge in [-0.25, -0.2) is 0 Å². The zero-order valence-electron chi connectivity index (χ0n) is 12.0. The number of unbranched alkanes of at least 4 members (excludes halogenated alkanes) is 1. The fraction of sp³-hybridized carbons (Fsp3) is 0.688. The molecule has 1 unspecified atom stereocenters. The number of hydrogen-bond donors (Lipinski definition) is 1. The molecule has 0 radical (unpaired) electrons. The second-order valence-corrected chi connectivity index (χ2v) is 5.49. The summed E-state index contributed by atoms with van der Waals surface area (Å²) < 4.78 is 2.29. The van der Waals surface area contributed by atoms with Gasteiger partial charge < -0.3 is 9.88 Å². The Hall–Kier alpha value is -1.27. The molecule has 1 heterocycles. The van der Waals surface area contributed by atoms with Gasteiger partial charge in [0.2, 0.25) is 0 Å². The lowest BCUT2D eigenvalue weighted by atomic mass is 10.0. The van der Waals surface area contributed by atoms with Crippen LogP contribution < -0.4 is 5.32 Å². The lowest BCUT2D eigenvalue weighted by Crippen LogP contribution is -2.21. The predicted molar refractivity (Wildman–Crippen MR) is 77.9 cm³/mol. The molecule has 0 fully saturated rings. The van der Waals surface area contributed by atoms with Crippen molar-refractivity contribution in [2.24, 2.45) is 0 Å². The summed E-state index contributed by atoms with van der Waals surface area (Å²) in [5, 5.41) is 12.3. The van der Waals surface area contributed by atoms with Crippen molar-refractivity contribution in [3.8, 4) is 6.07 Å². The summed E-state index contributed by atoms with van der Waals surface area (Å²) in [6, 6.07) is 2.76. The van der Waals surface area contributed by atoms with Crippen molar-refractivity contribution < 1.29 is 0 Å². The van der Waals surface area contributed by atoms with Crippen LogP contribution in [-0.2, 0) is 13.0 Å². The Kier molecular flexibility index (Phi) is 5.47. The smallest absolute Gasteiger partial charge is 0.0622 e. The molecule has 1 aliphatic rings. The van der Waals surface area contributed by atoms with Crippen LogP contribution in [0.25, 0.3) is 0 Å². The highest BCUT2D eigenvalue weighted by Crippen LogP contribution is 2.29. The van der Waals surface area contributed by atoms with E-state index in [9.17, 15) is 0 Å². The summed E-state index contributed by atoms with van der Waals surface area (Å²) in [5.74, 6) is 0. The number of hydrogen-bond acceptors (Lipinski definition) is 2. The molecule has 3 heteroatoms. The van der Waals surface area contributed by atoms with Gasteiger partial charge in [0.1, 0.15) is 0 Å². The molecular formula is C16H25N3. The van der Waals surface area contributed by atoms with Gasteiger partial charge in [-0.3, -0.25) is 0 Å². The Labute approximate surface area is 116 Å². The molecule has 0 aromatic carbocycles. The minimum atomic E-state index is 0.537. The van der Waals surface area contributed by atoms with Crippen LogP contribution in [0.2, 0.25) is 0 Å². The van der Waals surface area contributed by atoms with Crippen LogP contribution in [0.5, 0.6) is 0 Å². The van der Waals surface area contributed by atoms with Crippen LogP contribution in [0.15, 0.2) is 12.4 Å². The van der Waals surface area contributed by atoms with E-state index in [1.165, 1.54) is 43.2 Å². The van der Waals surface area contributed by atoms with Gasteiger partial charge in [0.25, 0.3) is 0 Å². The lowest BCUT2D eigenvalue weighted by molar-refractivity contribution is 0.487. The molecule has 0 saturated carbocycles. The Bertz CT molecular complexity index is 428. The first kappa shape index (κ1) is 14.1. The molecule has 0 saturated heterocycles. The van der Waals surface area contributed by atoms with Gasteiger partial charge in [0.15, 0.2) is 0 Å². The van der Waals surface area contributed by atoms with Gasteiger partial charge in [-0.05, 0) is 49.8 Å². The van der Waals surface area contributed by atoms with Crippen LogP contribution in [0.1, 0.15) is 62.6 Å². The normalized spacial score (nSPS) is 18.6. The fourth-order valence-electron chi connectivity index (χ4n) is 2.92. The molecule has 0 spiro atoms. The first-order chi connectivity index (χ1) is 9.35. The van der Waals surface area contributed by atoms with E-state index < -0.39 is 0 Å². The number of fused-ring (bicyclic) bond motifs is 1. The van der Waals surface area contributed by atoms with E-state index in [4.69, 9.17) is 5.26 Å². The third kappa shape index (κ3) is 3.84. The summed E-state index contributed by atoms with van der Waals surface area (Å²) in [7, 11) is 0. The van der Waals surface area contributed by atoms with E-state index in [0.29, 0.717) is 12.5 Å². The van der Waals surface area contributed by atoms with Crippen molar-refractivity contribution in [3.05, 3.63) is 23.5 Å². The Balaban J connectivity index is 2.06. The molecule has 1 N–H and O–H groups in total. The Morgan fingerprint density at radius 3 is 3.11 bits per heavy atom. The molecule has 0 amide bonds. The lowest BCUT2D eigenvalue weighted by Gasteiger charge is -2.16. The summed E-state index contributed by atoms with van der Waals surface area (Å²) in [6.45, 7) is 4.29. The maximum atomic E-state index is 8.61. The maximum absolute atomic E-state index is 8.61. The molecule has 1 aromatic heterocycles. The maximum Gasteiger partial charge on any atom is 0.0622 e. The second-order valence-electron chi connectivity index (χ2n) is 5.49. The van der Waals surface area contributed by atoms with Crippen molar-refractivity contribution in [2.75, 3.05) is 6.54 Å². The molecule has 104 valence electrons. The van der Waals surface area contributed by atoms with Gasteiger partial charge in [-0.15, -0.1) is 0 Å². The molecule has 1 aromatic rings. The van der Waals surface area contributed by atoms with Crippen LogP contribution in [0.3, 0.4) is 0 Å². The van der Waals surface area contributed by atoms with Crippen molar-refractivity contribution in [1.82, 2.24) is 9.88 Å². The van der Waals surface area contributed by atoms with Crippen LogP contribution in [0.4, 0.5) is 0 Å². The predicted octanol–water partition coefficient (Wildman–Crippen LogP) is 3.56. The number of aryl methyl sites for hydroxylation is 2. The van der Waals surface area contributed by atoms with E-state index in [-0.39, 0.29) is 0 Å². The number of nitrogens with zero attached hydrogens (tertiary/aromatic N) is 2. The number of rotatable bonds is 6. The highest BCUT2D eigenvalue weighted by atomic mass is 15.0. The largest absolute Gasteiger partial charge is 0.354 e. The van der Waals surface area contributed by atoms with Gasteiger partial charge in [-0.2, -0.15) is 5.26 Å². The SMILES string of the molecule is CCCNC1CCCCc2cn(CCCC#N)cc21. The summed E-state index contributed by atoms with van der Waals surface area (Å²) >= 11 is 0. The highest BCUT2D eigenvalue weighted by Gasteiger charge is 2.19. The third-order valence-electron chi connectivity index (χ3n) is 3.91. The summed E-state index contributed by atoms with van der Waals surface area (Å²) in [4.78, 5) is 0. The minimum Gasteiger partial charge on any atom is -0.354 e. The molecule has 3 nitrogen and oxygen atoms in total. The average molecular weight is 259 g/mol. The first-order valence-electron chi connectivity index (χ1n) is 7.64. The van der Waals surface area contributed by atoms with Gasteiger partial charge >= 0.3 is 0 Å². The zero-order valence-corrected chi connectivity index (χ0v) is 12.0. The molecule has 19 heavy (non-hydrogen) atoms. The minimum absolute atomic E-state index is 0.537. The summed E-state index contributed by atoms with van der Waals surface area (Å²) in [5.41, 5.74) is 3.02. The molecule has 2 rings (SSSR count). The van der Waals surface area contributed by atoms with Crippen molar-refractivity contribution >= 4 is 0 Å². The Morgan fingerprint density at radius 2 is 2.32 bits per heavy atom.